The number of nitrogens with two attached hydrogens (primary N) is 1. The van der Waals surface area contributed by atoms with E-state index in [1.54, 1.807) is 0 Å². The lowest BCUT2D eigenvalue weighted by Gasteiger charge is -2.19. The van der Waals surface area contributed by atoms with Gasteiger partial charge in [0.25, 0.3) is 0 Å². The third-order valence-electron chi connectivity index (χ3n) is 3.45. The van der Waals surface area contributed by atoms with Crippen LogP contribution in [-0.2, 0) is 13.0 Å². The molecule has 0 aliphatic heterocycles. The minimum Gasteiger partial charge on any atom is -0.335 e. The molecule has 5 heteroatoms. The van der Waals surface area contributed by atoms with Gasteiger partial charge in [0.15, 0.2) is 0 Å². The van der Waals surface area contributed by atoms with Crippen LogP contribution in [0.1, 0.15) is 36.3 Å². The summed E-state index contributed by atoms with van der Waals surface area (Å²) in [7, 11) is 0. The third kappa shape index (κ3) is 3.29. The minimum atomic E-state index is 0.0438. The summed E-state index contributed by atoms with van der Waals surface area (Å²) in [6.07, 6.45) is 5.74. The van der Waals surface area contributed by atoms with Gasteiger partial charge in [0.2, 0.25) is 0 Å². The zero-order valence-electron chi connectivity index (χ0n) is 11.9. The molecule has 0 saturated carbocycles. The van der Waals surface area contributed by atoms with Crippen LogP contribution in [0.5, 0.6) is 0 Å². The standard InChI is InChI=1S/C15H21BrN4/c1-3-8-20-9-7-18-14(20)10-13(19-17)12-6-4-5-11(2)15(12)16/h4-7,9,13,19H,3,8,10,17H2,1-2H3. The number of halogens is 1. The Morgan fingerprint density at radius 2 is 2.25 bits per heavy atom. The molecule has 2 aromatic rings. The van der Waals surface area contributed by atoms with Crippen LogP contribution in [0.25, 0.3) is 0 Å². The van der Waals surface area contributed by atoms with E-state index in [1.807, 2.05) is 12.4 Å². The number of nitrogens with zero attached hydrogens (tertiary/aromatic N) is 2. The van der Waals surface area contributed by atoms with Gasteiger partial charge in [0, 0.05) is 29.8 Å². The number of rotatable bonds is 6. The highest BCUT2D eigenvalue weighted by molar-refractivity contribution is 9.10. The summed E-state index contributed by atoms with van der Waals surface area (Å²) in [5.74, 6) is 6.82. The van der Waals surface area contributed by atoms with Crippen molar-refractivity contribution in [1.82, 2.24) is 15.0 Å². The first-order chi connectivity index (χ1) is 9.67. The van der Waals surface area contributed by atoms with Crippen molar-refractivity contribution in [2.24, 2.45) is 5.84 Å². The van der Waals surface area contributed by atoms with E-state index in [1.165, 1.54) is 11.1 Å². The van der Waals surface area contributed by atoms with Gasteiger partial charge in [-0.25, -0.2) is 4.98 Å². The molecule has 0 radical (unpaired) electrons. The van der Waals surface area contributed by atoms with Gasteiger partial charge < -0.3 is 4.57 Å². The van der Waals surface area contributed by atoms with E-state index in [2.05, 4.69) is 63.0 Å². The van der Waals surface area contributed by atoms with E-state index in [0.29, 0.717) is 0 Å². The second-order valence-electron chi connectivity index (χ2n) is 4.94. The first-order valence-electron chi connectivity index (χ1n) is 6.88. The molecule has 0 saturated heterocycles. The Hall–Kier alpha value is -1.17. The number of aromatic nitrogens is 2. The van der Waals surface area contributed by atoms with E-state index in [4.69, 9.17) is 5.84 Å². The van der Waals surface area contributed by atoms with Crippen molar-refractivity contribution in [2.75, 3.05) is 0 Å². The van der Waals surface area contributed by atoms with Gasteiger partial charge in [0.1, 0.15) is 5.82 Å². The summed E-state index contributed by atoms with van der Waals surface area (Å²) in [5, 5.41) is 0. The highest BCUT2D eigenvalue weighted by Crippen LogP contribution is 2.28. The average molecular weight is 337 g/mol. The van der Waals surface area contributed by atoms with Gasteiger partial charge in [-0.15, -0.1) is 0 Å². The van der Waals surface area contributed by atoms with Crippen LogP contribution >= 0.6 is 15.9 Å². The summed E-state index contributed by atoms with van der Waals surface area (Å²) in [6, 6.07) is 6.27. The summed E-state index contributed by atoms with van der Waals surface area (Å²) in [5.41, 5.74) is 5.28. The van der Waals surface area contributed by atoms with Gasteiger partial charge in [-0.05, 0) is 24.5 Å². The second kappa shape index (κ2) is 7.02. The summed E-state index contributed by atoms with van der Waals surface area (Å²) in [4.78, 5) is 4.45. The summed E-state index contributed by atoms with van der Waals surface area (Å²) >= 11 is 3.65. The predicted octanol–water partition coefficient (Wildman–Crippen LogP) is 3.11. The molecular weight excluding hydrogens is 316 g/mol. The van der Waals surface area contributed by atoms with Crippen LogP contribution < -0.4 is 11.3 Å². The van der Waals surface area contributed by atoms with Crippen molar-refractivity contribution in [1.29, 1.82) is 0 Å². The Morgan fingerprint density at radius 3 is 2.95 bits per heavy atom. The molecule has 0 amide bonds. The van der Waals surface area contributed by atoms with E-state index in [9.17, 15) is 0 Å². The molecule has 2 rings (SSSR count). The topological polar surface area (TPSA) is 55.9 Å². The molecule has 0 aliphatic rings. The number of benzene rings is 1. The van der Waals surface area contributed by atoms with Crippen LogP contribution in [0, 0.1) is 6.92 Å². The Balaban J connectivity index is 2.24. The Labute approximate surface area is 128 Å². The van der Waals surface area contributed by atoms with Gasteiger partial charge in [-0.3, -0.25) is 11.3 Å². The number of hydrazine groups is 1. The molecule has 0 bridgehead atoms. The quantitative estimate of drug-likeness (QED) is 0.629. The van der Waals surface area contributed by atoms with Gasteiger partial charge in [0.05, 0.1) is 6.04 Å². The van der Waals surface area contributed by atoms with Crippen LogP contribution in [-0.4, -0.2) is 9.55 Å². The van der Waals surface area contributed by atoms with Gasteiger partial charge in [-0.1, -0.05) is 41.1 Å². The molecule has 20 heavy (non-hydrogen) atoms. The largest absolute Gasteiger partial charge is 0.335 e. The maximum atomic E-state index is 5.76. The first kappa shape index (κ1) is 15.2. The second-order valence-corrected chi connectivity index (χ2v) is 5.73. The van der Waals surface area contributed by atoms with Crippen LogP contribution in [0.3, 0.4) is 0 Å². The lowest BCUT2D eigenvalue weighted by molar-refractivity contribution is 0.515. The smallest absolute Gasteiger partial charge is 0.110 e. The minimum absolute atomic E-state index is 0.0438. The van der Waals surface area contributed by atoms with E-state index >= 15 is 0 Å². The number of nitrogens with one attached hydrogen (secondary N) is 1. The number of hydrogen-bond acceptors (Lipinski definition) is 3. The van der Waals surface area contributed by atoms with E-state index in [0.717, 1.165) is 29.7 Å². The molecule has 1 aromatic heterocycles. The zero-order valence-corrected chi connectivity index (χ0v) is 13.5. The SMILES string of the molecule is CCCn1ccnc1CC(NN)c1cccc(C)c1Br. The fourth-order valence-electron chi connectivity index (χ4n) is 2.35. The average Bonchev–Trinajstić information content (AvgIpc) is 2.87. The van der Waals surface area contributed by atoms with E-state index < -0.39 is 0 Å². The molecule has 1 atom stereocenters. The zero-order chi connectivity index (χ0) is 14.5. The number of hydrogen-bond donors (Lipinski definition) is 2. The van der Waals surface area contributed by atoms with Crippen LogP contribution in [0.4, 0.5) is 0 Å². The molecule has 4 nitrogen and oxygen atoms in total. The van der Waals surface area contributed by atoms with Crippen molar-refractivity contribution in [3.8, 4) is 0 Å². The van der Waals surface area contributed by atoms with Crippen molar-refractivity contribution < 1.29 is 0 Å². The molecule has 0 fully saturated rings. The fourth-order valence-corrected chi connectivity index (χ4v) is 2.90. The summed E-state index contributed by atoms with van der Waals surface area (Å²) < 4.78 is 3.30. The molecule has 0 spiro atoms. The predicted molar refractivity (Wildman–Crippen MR) is 85.2 cm³/mol. The normalized spacial score (nSPS) is 12.6. The van der Waals surface area contributed by atoms with Crippen LogP contribution in [0.15, 0.2) is 35.1 Å². The molecule has 1 unspecified atom stereocenters. The first-order valence-corrected chi connectivity index (χ1v) is 7.67. The van der Waals surface area contributed by atoms with Gasteiger partial charge in [-0.2, -0.15) is 0 Å². The molecule has 108 valence electrons. The molecule has 3 N–H and O–H groups in total. The van der Waals surface area contributed by atoms with Crippen LogP contribution in [0.2, 0.25) is 0 Å². The highest BCUT2D eigenvalue weighted by atomic mass is 79.9. The number of imidazole rings is 1. The van der Waals surface area contributed by atoms with Gasteiger partial charge >= 0.3 is 0 Å². The van der Waals surface area contributed by atoms with E-state index in [-0.39, 0.29) is 6.04 Å². The Bertz CT molecular complexity index is 565. The molecular formula is C15H21BrN4. The maximum Gasteiger partial charge on any atom is 0.110 e. The molecule has 1 heterocycles. The number of aryl methyl sites for hydroxylation is 2. The molecule has 1 aromatic carbocycles. The summed E-state index contributed by atoms with van der Waals surface area (Å²) in [6.45, 7) is 5.24. The maximum absolute atomic E-state index is 5.76. The van der Waals surface area contributed by atoms with Crippen molar-refractivity contribution in [3.63, 3.8) is 0 Å². The van der Waals surface area contributed by atoms with Crippen molar-refractivity contribution in [3.05, 3.63) is 52.0 Å². The third-order valence-corrected chi connectivity index (χ3v) is 4.53. The lowest BCUT2D eigenvalue weighted by Crippen LogP contribution is -2.30. The van der Waals surface area contributed by atoms with Crippen molar-refractivity contribution >= 4 is 15.9 Å². The lowest BCUT2D eigenvalue weighted by atomic mass is 10.0. The fraction of sp³-hybridized carbons (Fsp3) is 0.400. The monoisotopic (exact) mass is 336 g/mol. The Morgan fingerprint density at radius 1 is 1.45 bits per heavy atom. The van der Waals surface area contributed by atoms with Crippen molar-refractivity contribution in [2.45, 2.75) is 39.3 Å². The molecule has 0 aliphatic carbocycles. The highest BCUT2D eigenvalue weighted by Gasteiger charge is 2.17. The Kier molecular flexibility index (Phi) is 5.34.